The fourth-order valence-electron chi connectivity index (χ4n) is 2.27. The summed E-state index contributed by atoms with van der Waals surface area (Å²) >= 11 is 6.12. The van der Waals surface area contributed by atoms with Crippen molar-refractivity contribution in [1.29, 1.82) is 0 Å². The van der Waals surface area contributed by atoms with E-state index in [1.165, 1.54) is 4.68 Å². The molecular formula is C16H20ClN3O3. The maximum atomic E-state index is 12.3. The number of carbonyl (C=O) groups excluding carboxylic acids is 1. The van der Waals surface area contributed by atoms with E-state index in [2.05, 4.69) is 10.4 Å². The summed E-state index contributed by atoms with van der Waals surface area (Å²) in [5.41, 5.74) is 1.65. The number of ether oxygens (including phenoxy) is 1. The maximum absolute atomic E-state index is 12.3. The second kappa shape index (κ2) is 7.48. The quantitative estimate of drug-likeness (QED) is 0.846. The van der Waals surface area contributed by atoms with Gasteiger partial charge in [0.05, 0.1) is 24.5 Å². The Hall–Kier alpha value is -2.05. The lowest BCUT2D eigenvalue weighted by Gasteiger charge is -2.13. The number of benzene rings is 1. The minimum absolute atomic E-state index is 0.0698. The molecular weight excluding hydrogens is 318 g/mol. The van der Waals surface area contributed by atoms with E-state index in [4.69, 9.17) is 16.3 Å². The molecule has 7 heteroatoms. The Morgan fingerprint density at radius 3 is 2.91 bits per heavy atom. The first-order valence-corrected chi connectivity index (χ1v) is 7.67. The van der Waals surface area contributed by atoms with Crippen molar-refractivity contribution in [3.8, 4) is 5.75 Å². The molecule has 0 aliphatic rings. The van der Waals surface area contributed by atoms with Gasteiger partial charge in [-0.1, -0.05) is 30.7 Å². The van der Waals surface area contributed by atoms with Crippen LogP contribution < -0.4 is 10.1 Å². The zero-order valence-electron chi connectivity index (χ0n) is 13.3. The van der Waals surface area contributed by atoms with E-state index in [0.29, 0.717) is 29.0 Å². The predicted octanol–water partition coefficient (Wildman–Crippen LogP) is 2.11. The van der Waals surface area contributed by atoms with Gasteiger partial charge in [0.15, 0.2) is 0 Å². The van der Waals surface area contributed by atoms with Crippen LogP contribution in [-0.4, -0.2) is 34.4 Å². The van der Waals surface area contributed by atoms with Gasteiger partial charge in [0.25, 0.3) is 5.91 Å². The molecule has 1 atom stereocenters. The Morgan fingerprint density at radius 2 is 2.26 bits per heavy atom. The van der Waals surface area contributed by atoms with Gasteiger partial charge in [0, 0.05) is 13.6 Å². The number of hydrogen-bond acceptors (Lipinski definition) is 4. The number of halogens is 1. The number of aliphatic hydroxyl groups is 1. The standard InChI is InChI=1S/C16H20ClN3O3/c1-4-12-14(15(17)20(2)19-12)16(22)18-9-13(21)10-6-5-7-11(8-10)23-3/h5-8,13,21H,4,9H2,1-3H3,(H,18,22). The van der Waals surface area contributed by atoms with Crippen LogP contribution in [0.3, 0.4) is 0 Å². The average molecular weight is 338 g/mol. The van der Waals surface area contributed by atoms with E-state index in [9.17, 15) is 9.90 Å². The van der Waals surface area contributed by atoms with Crippen molar-refractivity contribution in [1.82, 2.24) is 15.1 Å². The highest BCUT2D eigenvalue weighted by Gasteiger charge is 2.21. The van der Waals surface area contributed by atoms with Gasteiger partial charge in [-0.25, -0.2) is 0 Å². The van der Waals surface area contributed by atoms with Crippen LogP contribution in [0.15, 0.2) is 24.3 Å². The van der Waals surface area contributed by atoms with Gasteiger partial charge < -0.3 is 15.2 Å². The number of aromatic nitrogens is 2. The highest BCUT2D eigenvalue weighted by atomic mass is 35.5. The zero-order chi connectivity index (χ0) is 17.0. The number of aryl methyl sites for hydroxylation is 2. The molecule has 1 aromatic heterocycles. The SMILES string of the molecule is CCc1nn(C)c(Cl)c1C(=O)NCC(O)c1cccc(OC)c1. The van der Waals surface area contributed by atoms with Crippen LogP contribution in [0.25, 0.3) is 0 Å². The van der Waals surface area contributed by atoms with Gasteiger partial charge in [-0.2, -0.15) is 5.10 Å². The fourth-order valence-corrected chi connectivity index (χ4v) is 2.51. The van der Waals surface area contributed by atoms with Crippen LogP contribution in [0.4, 0.5) is 0 Å². The number of nitrogens with zero attached hydrogens (tertiary/aromatic N) is 2. The minimum Gasteiger partial charge on any atom is -0.497 e. The van der Waals surface area contributed by atoms with Crippen molar-refractivity contribution in [3.05, 3.63) is 46.2 Å². The molecule has 0 aliphatic heterocycles. The van der Waals surface area contributed by atoms with Gasteiger partial charge in [-0.05, 0) is 24.1 Å². The summed E-state index contributed by atoms with van der Waals surface area (Å²) in [5.74, 6) is 0.304. The topological polar surface area (TPSA) is 76.4 Å². The number of amides is 1. The molecule has 1 unspecified atom stereocenters. The zero-order valence-corrected chi connectivity index (χ0v) is 14.1. The molecule has 1 heterocycles. The van der Waals surface area contributed by atoms with Crippen LogP contribution in [0, 0.1) is 0 Å². The van der Waals surface area contributed by atoms with E-state index in [0.717, 1.165) is 0 Å². The van der Waals surface area contributed by atoms with Crippen molar-refractivity contribution < 1.29 is 14.6 Å². The molecule has 124 valence electrons. The summed E-state index contributed by atoms with van der Waals surface area (Å²) in [6.45, 7) is 1.97. The lowest BCUT2D eigenvalue weighted by molar-refractivity contribution is 0.0915. The summed E-state index contributed by atoms with van der Waals surface area (Å²) in [5, 5.41) is 17.4. The molecule has 0 fully saturated rings. The normalized spacial score (nSPS) is 12.0. The molecule has 2 aromatic rings. The van der Waals surface area contributed by atoms with Gasteiger partial charge in [0.1, 0.15) is 10.9 Å². The Morgan fingerprint density at radius 1 is 1.52 bits per heavy atom. The number of hydrogen-bond donors (Lipinski definition) is 2. The van der Waals surface area contributed by atoms with Gasteiger partial charge in [-0.3, -0.25) is 9.48 Å². The second-order valence-electron chi connectivity index (χ2n) is 5.09. The van der Waals surface area contributed by atoms with Crippen LogP contribution in [0.1, 0.15) is 34.6 Å². The minimum atomic E-state index is -0.838. The largest absolute Gasteiger partial charge is 0.497 e. The van der Waals surface area contributed by atoms with Crippen molar-refractivity contribution in [2.75, 3.05) is 13.7 Å². The highest BCUT2D eigenvalue weighted by molar-refractivity contribution is 6.33. The molecule has 0 aliphatic carbocycles. The van der Waals surface area contributed by atoms with Gasteiger partial charge in [0.2, 0.25) is 0 Å². The number of rotatable bonds is 6. The predicted molar refractivity (Wildman–Crippen MR) is 87.9 cm³/mol. The summed E-state index contributed by atoms with van der Waals surface area (Å²) in [6, 6.07) is 7.07. The number of methoxy groups -OCH3 is 1. The van der Waals surface area contributed by atoms with Crippen LogP contribution in [-0.2, 0) is 13.5 Å². The molecule has 23 heavy (non-hydrogen) atoms. The van der Waals surface area contributed by atoms with E-state index in [1.807, 2.05) is 6.92 Å². The van der Waals surface area contributed by atoms with Crippen LogP contribution >= 0.6 is 11.6 Å². The average Bonchev–Trinajstić information content (AvgIpc) is 2.87. The third-order valence-corrected chi connectivity index (χ3v) is 3.98. The first-order valence-electron chi connectivity index (χ1n) is 7.29. The summed E-state index contributed by atoms with van der Waals surface area (Å²) in [4.78, 5) is 12.3. The molecule has 2 rings (SSSR count). The first-order chi connectivity index (χ1) is 11.0. The molecule has 0 saturated heterocycles. The second-order valence-corrected chi connectivity index (χ2v) is 5.45. The lowest BCUT2D eigenvalue weighted by Crippen LogP contribution is -2.29. The van der Waals surface area contributed by atoms with Gasteiger partial charge in [-0.15, -0.1) is 0 Å². The van der Waals surface area contributed by atoms with Gasteiger partial charge >= 0.3 is 0 Å². The number of carbonyl (C=O) groups is 1. The summed E-state index contributed by atoms with van der Waals surface area (Å²) in [6.07, 6.45) is -0.239. The molecule has 0 saturated carbocycles. The van der Waals surface area contributed by atoms with Crippen molar-refractivity contribution >= 4 is 17.5 Å². The lowest BCUT2D eigenvalue weighted by atomic mass is 10.1. The van der Waals surface area contributed by atoms with E-state index in [1.54, 1.807) is 38.4 Å². The number of nitrogens with one attached hydrogen (secondary N) is 1. The monoisotopic (exact) mass is 337 g/mol. The summed E-state index contributed by atoms with van der Waals surface area (Å²) < 4.78 is 6.59. The molecule has 0 radical (unpaired) electrons. The van der Waals surface area contributed by atoms with Crippen molar-refractivity contribution in [2.45, 2.75) is 19.4 Å². The molecule has 1 amide bonds. The Labute approximate surface area is 140 Å². The Kier molecular flexibility index (Phi) is 5.63. The Balaban J connectivity index is 2.07. The fraction of sp³-hybridized carbons (Fsp3) is 0.375. The molecule has 0 bridgehead atoms. The highest BCUT2D eigenvalue weighted by Crippen LogP contribution is 2.21. The van der Waals surface area contributed by atoms with E-state index in [-0.39, 0.29) is 17.6 Å². The van der Waals surface area contributed by atoms with E-state index >= 15 is 0 Å². The summed E-state index contributed by atoms with van der Waals surface area (Å²) in [7, 11) is 3.24. The number of aliphatic hydroxyl groups excluding tert-OH is 1. The smallest absolute Gasteiger partial charge is 0.256 e. The van der Waals surface area contributed by atoms with Crippen LogP contribution in [0.2, 0.25) is 5.15 Å². The van der Waals surface area contributed by atoms with Crippen molar-refractivity contribution in [3.63, 3.8) is 0 Å². The molecule has 2 N–H and O–H groups in total. The van der Waals surface area contributed by atoms with Crippen molar-refractivity contribution in [2.24, 2.45) is 7.05 Å². The first kappa shape index (κ1) is 17.3. The van der Waals surface area contributed by atoms with Crippen LogP contribution in [0.5, 0.6) is 5.75 Å². The van der Waals surface area contributed by atoms with E-state index < -0.39 is 6.10 Å². The third kappa shape index (κ3) is 3.83. The molecule has 1 aromatic carbocycles. The third-order valence-electron chi connectivity index (χ3n) is 3.55. The maximum Gasteiger partial charge on any atom is 0.256 e. The molecule has 6 nitrogen and oxygen atoms in total. The Bertz CT molecular complexity index is 700. The molecule has 0 spiro atoms.